The Labute approximate surface area is 215 Å². The highest BCUT2D eigenvalue weighted by Crippen LogP contribution is 2.35. The maximum Gasteiger partial charge on any atom is 0.416 e. The second-order valence-corrected chi connectivity index (χ2v) is 9.69. The van der Waals surface area contributed by atoms with Crippen LogP contribution in [0.1, 0.15) is 67.8 Å². The number of piperidine rings is 1. The van der Waals surface area contributed by atoms with Gasteiger partial charge in [0.05, 0.1) is 5.56 Å². The molecule has 0 spiro atoms. The van der Waals surface area contributed by atoms with E-state index in [9.17, 15) is 18.0 Å². The van der Waals surface area contributed by atoms with Gasteiger partial charge in [-0.3, -0.25) is 4.79 Å². The van der Waals surface area contributed by atoms with Gasteiger partial charge in [0.15, 0.2) is 0 Å². The first kappa shape index (κ1) is 27.6. The molecule has 5 nitrogen and oxygen atoms in total. The molecule has 36 heavy (non-hydrogen) atoms. The highest BCUT2D eigenvalue weighted by Gasteiger charge is 2.32. The molecule has 3 rings (SSSR count). The number of nitrogens with zero attached hydrogens (tertiary/aromatic N) is 2. The number of carbonyl (C=O) groups is 1. The molecule has 1 fully saturated rings. The van der Waals surface area contributed by atoms with Crippen molar-refractivity contribution in [1.29, 1.82) is 0 Å². The van der Waals surface area contributed by atoms with Crippen LogP contribution in [0, 0.1) is 0 Å². The van der Waals surface area contributed by atoms with Gasteiger partial charge in [-0.05, 0) is 73.6 Å². The maximum absolute atomic E-state index is 13.7. The fraction of sp³-hybridized carbons (Fsp3) is 0.407. The van der Waals surface area contributed by atoms with E-state index in [2.05, 4.69) is 22.2 Å². The van der Waals surface area contributed by atoms with Crippen LogP contribution in [0.5, 0.6) is 0 Å². The number of alkyl halides is 3. The lowest BCUT2D eigenvalue weighted by molar-refractivity contribution is -0.137. The molecule has 0 aliphatic carbocycles. The van der Waals surface area contributed by atoms with Crippen molar-refractivity contribution < 1.29 is 18.0 Å². The molecule has 0 bridgehead atoms. The summed E-state index contributed by atoms with van der Waals surface area (Å²) in [5, 5.41) is 6.79. The van der Waals surface area contributed by atoms with Crippen LogP contribution in [-0.2, 0) is 17.5 Å². The summed E-state index contributed by atoms with van der Waals surface area (Å²) in [6, 6.07) is 11.8. The molecule has 194 valence electrons. The monoisotopic (exact) mass is 520 g/mol. The molecule has 0 aromatic heterocycles. The van der Waals surface area contributed by atoms with Gasteiger partial charge in [0, 0.05) is 38.3 Å². The van der Waals surface area contributed by atoms with Gasteiger partial charge in [-0.1, -0.05) is 36.4 Å². The number of carbonyl (C=O) groups excluding carboxylic acids is 1. The Balaban J connectivity index is 1.74. The number of hydrogen-bond acceptors (Lipinski definition) is 4. The SMILES string of the molecule is C=C(/N=C(\C)Cl)NC(C)c1cccc(NCc2cc(C3CCN(C(C)=O)CC3)cc(C(F)(F)F)c2)c1. The van der Waals surface area contributed by atoms with Crippen LogP contribution in [-0.4, -0.2) is 29.1 Å². The number of aliphatic imine (C=N–C) groups is 1. The molecule has 1 amide bonds. The lowest BCUT2D eigenvalue weighted by atomic mass is 9.87. The molecule has 1 saturated heterocycles. The summed E-state index contributed by atoms with van der Waals surface area (Å²) in [4.78, 5) is 17.4. The van der Waals surface area contributed by atoms with Crippen LogP contribution in [0.4, 0.5) is 18.9 Å². The first-order valence-corrected chi connectivity index (χ1v) is 12.3. The third-order valence-corrected chi connectivity index (χ3v) is 6.39. The predicted molar refractivity (Wildman–Crippen MR) is 139 cm³/mol. The maximum atomic E-state index is 13.7. The van der Waals surface area contributed by atoms with E-state index in [-0.39, 0.29) is 24.4 Å². The van der Waals surface area contributed by atoms with E-state index in [4.69, 9.17) is 11.6 Å². The van der Waals surface area contributed by atoms with E-state index >= 15 is 0 Å². The van der Waals surface area contributed by atoms with Gasteiger partial charge in [-0.15, -0.1) is 0 Å². The summed E-state index contributed by atoms with van der Waals surface area (Å²) in [7, 11) is 0. The normalized spacial score (nSPS) is 16.0. The molecule has 2 N–H and O–H groups in total. The molecule has 0 radical (unpaired) electrons. The number of nitrogens with one attached hydrogen (secondary N) is 2. The molecule has 1 heterocycles. The molecular formula is C27H32ClF3N4O. The zero-order valence-electron chi connectivity index (χ0n) is 20.8. The molecule has 1 unspecified atom stereocenters. The Bertz CT molecular complexity index is 1120. The molecule has 0 saturated carbocycles. The largest absolute Gasteiger partial charge is 0.416 e. The van der Waals surface area contributed by atoms with Crippen molar-refractivity contribution in [2.45, 2.75) is 58.3 Å². The molecule has 1 atom stereocenters. The summed E-state index contributed by atoms with van der Waals surface area (Å²) < 4.78 is 41.0. The van der Waals surface area contributed by atoms with Gasteiger partial charge in [0.1, 0.15) is 11.0 Å². The third kappa shape index (κ3) is 7.75. The van der Waals surface area contributed by atoms with Crippen molar-refractivity contribution in [1.82, 2.24) is 10.2 Å². The Morgan fingerprint density at radius 1 is 1.19 bits per heavy atom. The summed E-state index contributed by atoms with van der Waals surface area (Å²) >= 11 is 5.80. The summed E-state index contributed by atoms with van der Waals surface area (Å²) in [5.74, 6) is 0.434. The fourth-order valence-corrected chi connectivity index (χ4v) is 4.52. The number of amides is 1. The van der Waals surface area contributed by atoms with Crippen LogP contribution in [0.15, 0.2) is 59.9 Å². The van der Waals surface area contributed by atoms with Crippen LogP contribution in [0.25, 0.3) is 0 Å². The van der Waals surface area contributed by atoms with Gasteiger partial charge in [0.2, 0.25) is 5.91 Å². The second-order valence-electron chi connectivity index (χ2n) is 9.14. The number of halogens is 4. The van der Waals surface area contributed by atoms with E-state index in [0.717, 1.165) is 11.3 Å². The van der Waals surface area contributed by atoms with E-state index in [1.54, 1.807) is 11.8 Å². The van der Waals surface area contributed by atoms with Crippen molar-refractivity contribution in [3.63, 3.8) is 0 Å². The quantitative estimate of drug-likeness (QED) is 0.375. The minimum absolute atomic E-state index is 0.000309. The Kier molecular flexibility index (Phi) is 9.06. The Hall–Kier alpha value is -3.00. The molecule has 1 aliphatic rings. The van der Waals surface area contributed by atoms with E-state index in [1.807, 2.05) is 37.3 Å². The zero-order chi connectivity index (χ0) is 26.5. The van der Waals surface area contributed by atoms with Gasteiger partial charge >= 0.3 is 6.18 Å². The van der Waals surface area contributed by atoms with Crippen molar-refractivity contribution in [3.05, 3.63) is 77.1 Å². The van der Waals surface area contributed by atoms with Crippen molar-refractivity contribution in [3.8, 4) is 0 Å². The first-order chi connectivity index (χ1) is 16.9. The predicted octanol–water partition coefficient (Wildman–Crippen LogP) is 6.82. The standard InChI is InChI=1S/C27H32ClF3N4O/c1-17(33-19(3)34-18(2)28)23-6-5-7-26(15-23)32-16-21-12-24(14-25(13-21)27(29,30)31)22-8-10-35(11-9-22)20(4)36/h5-7,12-15,17,22,32-33H,3,8-11,16H2,1-2,4H3/b34-18+. The average Bonchev–Trinajstić information content (AvgIpc) is 2.81. The average molecular weight is 521 g/mol. The number of anilines is 1. The van der Waals surface area contributed by atoms with Crippen molar-refractivity contribution in [2.24, 2.45) is 4.99 Å². The van der Waals surface area contributed by atoms with Crippen LogP contribution >= 0.6 is 11.6 Å². The lowest BCUT2D eigenvalue weighted by Gasteiger charge is -2.32. The number of hydrogen-bond donors (Lipinski definition) is 2. The van der Waals surface area contributed by atoms with Gasteiger partial charge in [0.25, 0.3) is 0 Å². The zero-order valence-corrected chi connectivity index (χ0v) is 21.5. The first-order valence-electron chi connectivity index (χ1n) is 11.9. The van der Waals surface area contributed by atoms with Crippen LogP contribution < -0.4 is 10.6 Å². The van der Waals surface area contributed by atoms with E-state index < -0.39 is 11.7 Å². The highest BCUT2D eigenvalue weighted by molar-refractivity contribution is 6.64. The van der Waals surface area contributed by atoms with Crippen LogP contribution in [0.3, 0.4) is 0 Å². The summed E-state index contributed by atoms with van der Waals surface area (Å²) in [6.45, 7) is 10.3. The summed E-state index contributed by atoms with van der Waals surface area (Å²) in [6.07, 6.45) is -3.13. The molecule has 2 aromatic carbocycles. The molecule has 1 aliphatic heterocycles. The Morgan fingerprint density at radius 2 is 1.89 bits per heavy atom. The fourth-order valence-electron chi connectivity index (χ4n) is 4.42. The number of benzene rings is 2. The smallest absolute Gasteiger partial charge is 0.381 e. The van der Waals surface area contributed by atoms with Gasteiger partial charge in [-0.25, -0.2) is 4.99 Å². The van der Waals surface area contributed by atoms with E-state index in [1.165, 1.54) is 19.1 Å². The Morgan fingerprint density at radius 3 is 2.50 bits per heavy atom. The van der Waals surface area contributed by atoms with Gasteiger partial charge in [-0.2, -0.15) is 13.2 Å². The molecular weight excluding hydrogens is 489 g/mol. The topological polar surface area (TPSA) is 56.7 Å². The highest BCUT2D eigenvalue weighted by atomic mass is 35.5. The molecule has 2 aromatic rings. The third-order valence-electron chi connectivity index (χ3n) is 6.31. The van der Waals surface area contributed by atoms with Gasteiger partial charge < -0.3 is 15.5 Å². The van der Waals surface area contributed by atoms with Crippen molar-refractivity contribution in [2.75, 3.05) is 18.4 Å². The summed E-state index contributed by atoms with van der Waals surface area (Å²) in [5.41, 5.74) is 2.34. The lowest BCUT2D eigenvalue weighted by Crippen LogP contribution is -2.36. The molecule has 9 heteroatoms. The van der Waals surface area contributed by atoms with Crippen molar-refractivity contribution >= 4 is 28.4 Å². The minimum atomic E-state index is -4.43. The van der Waals surface area contributed by atoms with E-state index in [0.29, 0.717) is 48.0 Å². The second kappa shape index (κ2) is 11.8. The van der Waals surface area contributed by atoms with Crippen LogP contribution in [0.2, 0.25) is 0 Å². The number of rotatable bonds is 8. The minimum Gasteiger partial charge on any atom is -0.381 e. The number of likely N-dealkylation sites (tertiary alicyclic amines) is 1.